The summed E-state index contributed by atoms with van der Waals surface area (Å²) in [6.07, 6.45) is 5.08. The van der Waals surface area contributed by atoms with Gasteiger partial charge >= 0.3 is 5.97 Å². The van der Waals surface area contributed by atoms with Gasteiger partial charge in [0.2, 0.25) is 0 Å². The second-order valence-corrected chi connectivity index (χ2v) is 4.20. The number of hydrogen-bond donors (Lipinski definition) is 3. The maximum Gasteiger partial charge on any atom is 0.320 e. The highest BCUT2D eigenvalue weighted by molar-refractivity contribution is 5.73. The van der Waals surface area contributed by atoms with Gasteiger partial charge in [-0.1, -0.05) is 19.3 Å². The Balaban J connectivity index is 2.55. The minimum absolute atomic E-state index is 0.0324. The van der Waals surface area contributed by atoms with E-state index < -0.39 is 12.0 Å². The quantitative estimate of drug-likeness (QED) is 0.627. The summed E-state index contributed by atoms with van der Waals surface area (Å²) >= 11 is 0. The molecule has 0 saturated heterocycles. The zero-order valence-electron chi connectivity index (χ0n) is 8.62. The molecule has 1 unspecified atom stereocenters. The Kier molecular flexibility index (Phi) is 3.89. The van der Waals surface area contributed by atoms with Crippen molar-refractivity contribution in [2.24, 2.45) is 0 Å². The number of aliphatic hydroxyl groups is 1. The van der Waals surface area contributed by atoms with Crippen molar-refractivity contribution in [3.8, 4) is 0 Å². The summed E-state index contributed by atoms with van der Waals surface area (Å²) in [5.74, 6) is -0.858. The molecule has 0 bridgehead atoms. The van der Waals surface area contributed by atoms with Crippen molar-refractivity contribution in [1.82, 2.24) is 5.32 Å². The van der Waals surface area contributed by atoms with Crippen LogP contribution < -0.4 is 5.32 Å². The van der Waals surface area contributed by atoms with Crippen LogP contribution in [0.3, 0.4) is 0 Å². The first-order chi connectivity index (χ1) is 6.59. The van der Waals surface area contributed by atoms with Crippen molar-refractivity contribution in [2.75, 3.05) is 6.61 Å². The average molecular weight is 201 g/mol. The second kappa shape index (κ2) is 4.75. The molecule has 1 aliphatic carbocycles. The molecule has 4 heteroatoms. The summed E-state index contributed by atoms with van der Waals surface area (Å²) < 4.78 is 0. The molecule has 1 fully saturated rings. The fourth-order valence-corrected chi connectivity index (χ4v) is 2.10. The highest BCUT2D eigenvalue weighted by Gasteiger charge is 2.33. The minimum atomic E-state index is -0.858. The van der Waals surface area contributed by atoms with Crippen LogP contribution in [0.4, 0.5) is 0 Å². The maximum atomic E-state index is 10.7. The number of aliphatic carboxylic acids is 1. The summed E-state index contributed by atoms with van der Waals surface area (Å²) in [6, 6.07) is -0.583. The molecule has 1 atom stereocenters. The molecule has 0 spiro atoms. The first-order valence-electron chi connectivity index (χ1n) is 5.21. The van der Waals surface area contributed by atoms with Gasteiger partial charge in [0.15, 0.2) is 0 Å². The minimum Gasteiger partial charge on any atom is -0.480 e. The van der Waals surface area contributed by atoms with Crippen LogP contribution in [0.2, 0.25) is 0 Å². The lowest BCUT2D eigenvalue weighted by Crippen LogP contribution is -2.55. The van der Waals surface area contributed by atoms with Gasteiger partial charge in [-0.25, -0.2) is 0 Å². The monoisotopic (exact) mass is 201 g/mol. The van der Waals surface area contributed by atoms with E-state index >= 15 is 0 Å². The Hall–Kier alpha value is -0.610. The molecular formula is C10H19NO3. The predicted octanol–water partition coefficient (Wildman–Crippen LogP) is 0.744. The third kappa shape index (κ3) is 2.69. The Labute approximate surface area is 84.3 Å². The van der Waals surface area contributed by atoms with Gasteiger partial charge < -0.3 is 10.2 Å². The Morgan fingerprint density at radius 2 is 2.00 bits per heavy atom. The fourth-order valence-electron chi connectivity index (χ4n) is 2.10. The molecule has 0 aromatic carbocycles. The number of rotatable bonds is 4. The lowest BCUT2D eigenvalue weighted by molar-refractivity contribution is -0.139. The molecule has 1 rings (SSSR count). The Morgan fingerprint density at radius 1 is 1.43 bits per heavy atom. The number of aliphatic hydroxyl groups excluding tert-OH is 1. The van der Waals surface area contributed by atoms with Crippen molar-refractivity contribution in [2.45, 2.75) is 50.6 Å². The molecule has 1 saturated carbocycles. The third-order valence-electron chi connectivity index (χ3n) is 3.01. The van der Waals surface area contributed by atoms with E-state index in [1.54, 1.807) is 6.92 Å². The van der Waals surface area contributed by atoms with Crippen molar-refractivity contribution < 1.29 is 15.0 Å². The Bertz CT molecular complexity index is 200. The van der Waals surface area contributed by atoms with Crippen molar-refractivity contribution in [3.05, 3.63) is 0 Å². The van der Waals surface area contributed by atoms with Gasteiger partial charge in [-0.3, -0.25) is 10.1 Å². The molecule has 3 N–H and O–H groups in total. The fraction of sp³-hybridized carbons (Fsp3) is 0.900. The lowest BCUT2D eigenvalue weighted by Gasteiger charge is -2.38. The smallest absolute Gasteiger partial charge is 0.320 e. The van der Waals surface area contributed by atoms with Crippen molar-refractivity contribution in [1.29, 1.82) is 0 Å². The van der Waals surface area contributed by atoms with E-state index in [0.717, 1.165) is 25.7 Å². The molecular weight excluding hydrogens is 182 g/mol. The maximum absolute atomic E-state index is 10.7. The standard InChI is InChI=1S/C10H19NO3/c1-8(9(13)14)11-10(7-12)5-3-2-4-6-10/h8,11-12H,2-7H2,1H3,(H,13,14). The number of carboxylic acid groups (broad SMARTS) is 1. The number of carboxylic acids is 1. The summed E-state index contributed by atoms with van der Waals surface area (Å²) in [6.45, 7) is 1.65. The molecule has 4 nitrogen and oxygen atoms in total. The molecule has 82 valence electrons. The third-order valence-corrected chi connectivity index (χ3v) is 3.01. The number of carbonyl (C=O) groups is 1. The van der Waals surface area contributed by atoms with E-state index in [1.807, 2.05) is 0 Å². The molecule has 14 heavy (non-hydrogen) atoms. The van der Waals surface area contributed by atoms with Crippen LogP contribution in [0.25, 0.3) is 0 Å². The van der Waals surface area contributed by atoms with Crippen molar-refractivity contribution >= 4 is 5.97 Å². The van der Waals surface area contributed by atoms with Crippen LogP contribution in [-0.2, 0) is 4.79 Å². The van der Waals surface area contributed by atoms with Crippen LogP contribution in [0, 0.1) is 0 Å². The highest BCUT2D eigenvalue weighted by atomic mass is 16.4. The number of nitrogens with one attached hydrogen (secondary N) is 1. The van der Waals surface area contributed by atoms with Crippen LogP contribution in [0.15, 0.2) is 0 Å². The zero-order chi connectivity index (χ0) is 10.6. The van der Waals surface area contributed by atoms with Gasteiger partial charge in [-0.15, -0.1) is 0 Å². The van der Waals surface area contributed by atoms with Crippen LogP contribution in [0.1, 0.15) is 39.0 Å². The summed E-state index contributed by atoms with van der Waals surface area (Å²) in [5.41, 5.74) is -0.351. The first kappa shape index (κ1) is 11.5. The van der Waals surface area contributed by atoms with Gasteiger partial charge in [0.25, 0.3) is 0 Å². The zero-order valence-corrected chi connectivity index (χ0v) is 8.62. The summed E-state index contributed by atoms with van der Waals surface area (Å²) in [5, 5.41) is 21.1. The number of hydrogen-bond acceptors (Lipinski definition) is 3. The van der Waals surface area contributed by atoms with E-state index in [4.69, 9.17) is 5.11 Å². The summed E-state index contributed by atoms with van der Waals surface area (Å²) in [7, 11) is 0. The highest BCUT2D eigenvalue weighted by Crippen LogP contribution is 2.28. The van der Waals surface area contributed by atoms with E-state index in [0.29, 0.717) is 0 Å². The largest absolute Gasteiger partial charge is 0.480 e. The molecule has 0 aromatic heterocycles. The topological polar surface area (TPSA) is 69.6 Å². The van der Waals surface area contributed by atoms with E-state index in [-0.39, 0.29) is 12.1 Å². The second-order valence-electron chi connectivity index (χ2n) is 4.20. The van der Waals surface area contributed by atoms with E-state index in [9.17, 15) is 9.90 Å². The van der Waals surface area contributed by atoms with E-state index in [1.165, 1.54) is 6.42 Å². The molecule has 0 amide bonds. The predicted molar refractivity (Wildman–Crippen MR) is 53.1 cm³/mol. The summed E-state index contributed by atoms with van der Waals surface area (Å²) in [4.78, 5) is 10.7. The van der Waals surface area contributed by atoms with Crippen LogP contribution in [-0.4, -0.2) is 34.4 Å². The molecule has 0 aliphatic heterocycles. The van der Waals surface area contributed by atoms with Gasteiger partial charge in [-0.2, -0.15) is 0 Å². The molecule has 0 heterocycles. The normalized spacial score (nSPS) is 23.0. The van der Waals surface area contributed by atoms with Crippen molar-refractivity contribution in [3.63, 3.8) is 0 Å². The SMILES string of the molecule is CC(NC1(CO)CCCCC1)C(=O)O. The van der Waals surface area contributed by atoms with Gasteiger partial charge in [0.1, 0.15) is 6.04 Å². The first-order valence-corrected chi connectivity index (χ1v) is 5.21. The lowest BCUT2D eigenvalue weighted by atomic mass is 9.82. The van der Waals surface area contributed by atoms with Crippen LogP contribution in [0.5, 0.6) is 0 Å². The van der Waals surface area contributed by atoms with Gasteiger partial charge in [-0.05, 0) is 19.8 Å². The molecule has 0 radical (unpaired) electrons. The average Bonchev–Trinajstić information content (AvgIpc) is 2.19. The van der Waals surface area contributed by atoms with Crippen LogP contribution >= 0.6 is 0 Å². The molecule has 1 aliphatic rings. The Morgan fingerprint density at radius 3 is 2.43 bits per heavy atom. The van der Waals surface area contributed by atoms with Gasteiger partial charge in [0.05, 0.1) is 6.61 Å². The molecule has 0 aromatic rings. The van der Waals surface area contributed by atoms with Gasteiger partial charge in [0, 0.05) is 5.54 Å². The van der Waals surface area contributed by atoms with E-state index in [2.05, 4.69) is 5.32 Å².